The fraction of sp³-hybridized carbons (Fsp3) is 0.333. The van der Waals surface area contributed by atoms with Gasteiger partial charge in [0.1, 0.15) is 22.1 Å². The number of amides is 3. The number of benzene rings is 1. The Bertz CT molecular complexity index is 1310. The third kappa shape index (κ3) is 8.16. The van der Waals surface area contributed by atoms with E-state index >= 15 is 0 Å². The average Bonchev–Trinajstić information content (AvgIpc) is 3.20. The van der Waals surface area contributed by atoms with Crippen LogP contribution in [-0.2, 0) is 4.74 Å². The Morgan fingerprint density at radius 2 is 1.74 bits per heavy atom. The highest BCUT2D eigenvalue weighted by atomic mass is 32.1. The Morgan fingerprint density at radius 1 is 1.00 bits per heavy atom. The summed E-state index contributed by atoms with van der Waals surface area (Å²) in [5.41, 5.74) is 0.190. The van der Waals surface area contributed by atoms with Crippen LogP contribution < -0.4 is 21.3 Å². The van der Waals surface area contributed by atoms with Crippen molar-refractivity contribution in [3.8, 4) is 0 Å². The van der Waals surface area contributed by atoms with E-state index in [2.05, 4.69) is 35.6 Å². The Kier molecular flexibility index (Phi) is 9.23. The molecule has 0 aliphatic rings. The zero-order valence-corrected chi connectivity index (χ0v) is 22.0. The maximum atomic E-state index is 13.5. The van der Waals surface area contributed by atoms with Crippen LogP contribution in [0.25, 0.3) is 0 Å². The molecule has 202 valence electrons. The largest absolute Gasteiger partial charge is 0.444 e. The van der Waals surface area contributed by atoms with Gasteiger partial charge in [-0.15, -0.1) is 0 Å². The molecule has 3 aromatic rings. The molecule has 0 aliphatic carbocycles. The van der Waals surface area contributed by atoms with E-state index in [0.717, 1.165) is 23.7 Å². The zero-order chi connectivity index (χ0) is 27.9. The van der Waals surface area contributed by atoms with Gasteiger partial charge < -0.3 is 26.0 Å². The summed E-state index contributed by atoms with van der Waals surface area (Å²) in [6.07, 6.45) is 2.55. The first-order chi connectivity index (χ1) is 17.9. The van der Waals surface area contributed by atoms with Gasteiger partial charge in [-0.05, 0) is 57.8 Å². The summed E-state index contributed by atoms with van der Waals surface area (Å²) in [5, 5.41) is 11.1. The van der Waals surface area contributed by atoms with Crippen LogP contribution in [0.15, 0.2) is 30.6 Å². The van der Waals surface area contributed by atoms with Crippen LogP contribution in [-0.4, -0.2) is 50.9 Å². The van der Waals surface area contributed by atoms with Gasteiger partial charge in [0.25, 0.3) is 11.8 Å². The lowest BCUT2D eigenvalue weighted by molar-refractivity contribution is 0.0527. The van der Waals surface area contributed by atoms with Crippen molar-refractivity contribution in [1.29, 1.82) is 0 Å². The van der Waals surface area contributed by atoms with E-state index in [0.29, 0.717) is 30.2 Å². The number of hydrogen-bond donors (Lipinski definition) is 4. The number of nitrogens with one attached hydrogen (secondary N) is 4. The van der Waals surface area contributed by atoms with Gasteiger partial charge >= 0.3 is 6.09 Å². The lowest BCUT2D eigenvalue weighted by Gasteiger charge is -2.19. The highest BCUT2D eigenvalue weighted by Crippen LogP contribution is 2.28. The van der Waals surface area contributed by atoms with Crippen molar-refractivity contribution in [3.63, 3.8) is 0 Å². The molecule has 3 rings (SSSR count). The average molecular weight is 548 g/mol. The third-order valence-electron chi connectivity index (χ3n) is 4.70. The molecule has 0 radical (unpaired) electrons. The molecule has 0 atom stereocenters. The Balaban J connectivity index is 1.52. The number of carbonyl (C=O) groups is 3. The van der Waals surface area contributed by atoms with Crippen molar-refractivity contribution >= 4 is 45.9 Å². The van der Waals surface area contributed by atoms with Crippen molar-refractivity contribution in [2.24, 2.45) is 0 Å². The van der Waals surface area contributed by atoms with Crippen molar-refractivity contribution in [3.05, 3.63) is 59.2 Å². The number of aromatic nitrogens is 3. The number of anilines is 3. The molecule has 0 fully saturated rings. The maximum Gasteiger partial charge on any atom is 0.407 e. The molecule has 2 aromatic heterocycles. The van der Waals surface area contributed by atoms with Gasteiger partial charge in [0.15, 0.2) is 11.6 Å². The van der Waals surface area contributed by atoms with Gasteiger partial charge in [0, 0.05) is 24.8 Å². The molecular weight excluding hydrogens is 520 g/mol. The molecule has 14 heteroatoms. The first-order valence-electron chi connectivity index (χ1n) is 11.5. The van der Waals surface area contributed by atoms with Gasteiger partial charge in [-0.2, -0.15) is 4.37 Å². The topological polar surface area (TPSA) is 147 Å². The molecule has 0 saturated carbocycles. The Hall–Kier alpha value is -4.20. The smallest absolute Gasteiger partial charge is 0.407 e. The molecule has 0 bridgehead atoms. The number of halogens is 2. The van der Waals surface area contributed by atoms with E-state index in [1.54, 1.807) is 27.7 Å². The first-order valence-corrected chi connectivity index (χ1v) is 12.3. The van der Waals surface area contributed by atoms with E-state index in [-0.39, 0.29) is 22.8 Å². The third-order valence-corrected chi connectivity index (χ3v) is 5.55. The van der Waals surface area contributed by atoms with Crippen LogP contribution in [0.5, 0.6) is 0 Å². The van der Waals surface area contributed by atoms with E-state index < -0.39 is 35.1 Å². The van der Waals surface area contributed by atoms with E-state index in [1.165, 1.54) is 18.5 Å². The van der Waals surface area contributed by atoms with E-state index in [1.807, 2.05) is 0 Å². The Morgan fingerprint density at radius 3 is 2.39 bits per heavy atom. The predicted molar refractivity (Wildman–Crippen MR) is 138 cm³/mol. The number of carbonyl (C=O) groups excluding carboxylic acids is 3. The zero-order valence-electron chi connectivity index (χ0n) is 21.1. The molecule has 2 heterocycles. The fourth-order valence-electron chi connectivity index (χ4n) is 3.00. The van der Waals surface area contributed by atoms with Crippen molar-refractivity contribution in [2.45, 2.75) is 39.7 Å². The highest BCUT2D eigenvalue weighted by molar-refractivity contribution is 7.10. The standard InChI is InChI=1S/C24H27F2N7O4S/c1-13-19(21(35)31-14-6-7-15(25)16(26)10-14)22(38-33-13)32-18-12-29-17(11-30-18)20(34)27-8-5-9-28-23(36)37-24(2,3)4/h6-7,10-12H,5,8-9H2,1-4H3,(H,27,34)(H,28,36)(H,30,32)(H,31,35). The molecule has 38 heavy (non-hydrogen) atoms. The minimum Gasteiger partial charge on any atom is -0.444 e. The maximum absolute atomic E-state index is 13.5. The van der Waals surface area contributed by atoms with Crippen molar-refractivity contribution < 1.29 is 27.9 Å². The van der Waals surface area contributed by atoms with Gasteiger partial charge in [0.05, 0.1) is 23.7 Å². The van der Waals surface area contributed by atoms with Gasteiger partial charge in [-0.1, -0.05) is 0 Å². The first kappa shape index (κ1) is 28.4. The highest BCUT2D eigenvalue weighted by Gasteiger charge is 2.20. The van der Waals surface area contributed by atoms with Crippen molar-refractivity contribution in [1.82, 2.24) is 25.0 Å². The summed E-state index contributed by atoms with van der Waals surface area (Å²) >= 11 is 1.00. The van der Waals surface area contributed by atoms with Crippen LogP contribution in [0.1, 0.15) is 53.7 Å². The molecule has 4 N–H and O–H groups in total. The fourth-order valence-corrected chi connectivity index (χ4v) is 3.80. The summed E-state index contributed by atoms with van der Waals surface area (Å²) in [4.78, 5) is 44.9. The van der Waals surface area contributed by atoms with Gasteiger partial charge in [-0.25, -0.2) is 23.5 Å². The molecule has 0 spiro atoms. The predicted octanol–water partition coefficient (Wildman–Crippen LogP) is 4.16. The minimum absolute atomic E-state index is 0.0763. The molecule has 0 aliphatic heterocycles. The molecule has 0 unspecified atom stereocenters. The number of nitrogens with zero attached hydrogens (tertiary/aromatic N) is 3. The second kappa shape index (κ2) is 12.4. The minimum atomic E-state index is -1.09. The second-order valence-electron chi connectivity index (χ2n) is 9.01. The normalized spacial score (nSPS) is 11.0. The van der Waals surface area contributed by atoms with Gasteiger partial charge in [-0.3, -0.25) is 9.59 Å². The monoisotopic (exact) mass is 547 g/mol. The van der Waals surface area contributed by atoms with Crippen LogP contribution in [0, 0.1) is 18.6 Å². The Labute approximate surface area is 221 Å². The van der Waals surface area contributed by atoms with Crippen LogP contribution in [0.4, 0.5) is 30.1 Å². The quantitative estimate of drug-likeness (QED) is 0.292. The number of alkyl carbamates (subject to hydrolysis) is 1. The molecular formula is C24H27F2N7O4S. The summed E-state index contributed by atoms with van der Waals surface area (Å²) in [7, 11) is 0. The number of hydrogen-bond acceptors (Lipinski definition) is 9. The number of rotatable bonds is 9. The van der Waals surface area contributed by atoms with E-state index in [4.69, 9.17) is 4.74 Å². The lowest BCUT2D eigenvalue weighted by atomic mass is 10.2. The summed E-state index contributed by atoms with van der Waals surface area (Å²) in [6, 6.07) is 3.03. The summed E-state index contributed by atoms with van der Waals surface area (Å²) < 4.78 is 35.9. The summed E-state index contributed by atoms with van der Waals surface area (Å²) in [6.45, 7) is 7.55. The lowest BCUT2D eigenvalue weighted by Crippen LogP contribution is -2.34. The van der Waals surface area contributed by atoms with Crippen LogP contribution in [0.2, 0.25) is 0 Å². The molecule has 11 nitrogen and oxygen atoms in total. The van der Waals surface area contributed by atoms with Crippen molar-refractivity contribution in [2.75, 3.05) is 23.7 Å². The van der Waals surface area contributed by atoms with Crippen LogP contribution in [0.3, 0.4) is 0 Å². The van der Waals surface area contributed by atoms with Crippen LogP contribution >= 0.6 is 11.5 Å². The SMILES string of the molecule is Cc1nsc(Nc2cnc(C(=O)NCCCNC(=O)OC(C)(C)C)cn2)c1C(=O)Nc1ccc(F)c(F)c1. The number of aryl methyl sites for hydroxylation is 1. The van der Waals surface area contributed by atoms with E-state index in [9.17, 15) is 23.2 Å². The second-order valence-corrected chi connectivity index (χ2v) is 9.78. The molecule has 3 amide bonds. The molecule has 1 aromatic carbocycles. The molecule has 0 saturated heterocycles. The van der Waals surface area contributed by atoms with Gasteiger partial charge in [0.2, 0.25) is 0 Å². The summed E-state index contributed by atoms with van der Waals surface area (Å²) in [5.74, 6) is -2.87. The number of ether oxygens (including phenoxy) is 1.